The Morgan fingerprint density at radius 1 is 1.22 bits per heavy atom. The fraction of sp³-hybridized carbons (Fsp3) is 0.632. The van der Waals surface area contributed by atoms with E-state index in [-0.39, 0.29) is 11.3 Å². The van der Waals surface area contributed by atoms with E-state index in [4.69, 9.17) is 4.74 Å². The van der Waals surface area contributed by atoms with Gasteiger partial charge in [-0.1, -0.05) is 15.9 Å². The zero-order valence-corrected chi connectivity index (χ0v) is 15.2. The molecule has 4 aliphatic carbocycles. The van der Waals surface area contributed by atoms with E-state index >= 15 is 0 Å². The Balaban J connectivity index is 1.44. The Hall–Kier alpha value is -1.03. The number of carbonyl (C=O) groups is 1. The van der Waals surface area contributed by atoms with Gasteiger partial charge >= 0.3 is 0 Å². The smallest absolute Gasteiger partial charge is 0.224 e. The van der Waals surface area contributed by atoms with Gasteiger partial charge in [-0.05, 0) is 80.0 Å². The number of carbonyl (C=O) groups excluding carboxylic acids is 1. The topological polar surface area (TPSA) is 38.3 Å². The molecular formula is C19H24BrNO2. The number of methoxy groups -OCH3 is 1. The number of alkyl halides is 1. The van der Waals surface area contributed by atoms with Crippen molar-refractivity contribution in [1.29, 1.82) is 0 Å². The number of halogens is 1. The number of hydrogen-bond donors (Lipinski definition) is 1. The summed E-state index contributed by atoms with van der Waals surface area (Å²) in [5, 5.41) is 3.07. The van der Waals surface area contributed by atoms with Crippen LogP contribution in [0.25, 0.3) is 0 Å². The highest BCUT2D eigenvalue weighted by Crippen LogP contribution is 2.65. The van der Waals surface area contributed by atoms with Gasteiger partial charge in [0.1, 0.15) is 5.75 Å². The molecule has 0 radical (unpaired) electrons. The van der Waals surface area contributed by atoms with Crippen LogP contribution < -0.4 is 10.1 Å². The van der Waals surface area contributed by atoms with Crippen LogP contribution >= 0.6 is 15.9 Å². The van der Waals surface area contributed by atoms with E-state index in [9.17, 15) is 4.79 Å². The van der Waals surface area contributed by atoms with Gasteiger partial charge in [0, 0.05) is 16.4 Å². The Morgan fingerprint density at radius 2 is 1.87 bits per heavy atom. The lowest BCUT2D eigenvalue weighted by Crippen LogP contribution is -2.53. The van der Waals surface area contributed by atoms with Crippen molar-refractivity contribution in [2.75, 3.05) is 12.4 Å². The van der Waals surface area contributed by atoms with Gasteiger partial charge < -0.3 is 10.1 Å². The summed E-state index contributed by atoms with van der Waals surface area (Å²) in [6, 6.07) is 7.58. The molecule has 2 unspecified atom stereocenters. The molecule has 23 heavy (non-hydrogen) atoms. The van der Waals surface area contributed by atoms with E-state index in [1.165, 1.54) is 38.5 Å². The first-order valence-corrected chi connectivity index (χ1v) is 9.40. The summed E-state index contributed by atoms with van der Waals surface area (Å²) in [4.78, 5) is 12.6. The van der Waals surface area contributed by atoms with E-state index in [0.29, 0.717) is 10.7 Å². The van der Waals surface area contributed by atoms with Crippen LogP contribution in [0, 0.1) is 17.3 Å². The van der Waals surface area contributed by atoms with Gasteiger partial charge in [-0.25, -0.2) is 0 Å². The summed E-state index contributed by atoms with van der Waals surface area (Å²) in [5.74, 6) is 2.62. The minimum absolute atomic E-state index is 0.160. The predicted octanol–water partition coefficient (Wildman–Crippen LogP) is 4.76. The molecule has 4 bridgehead atoms. The van der Waals surface area contributed by atoms with E-state index in [1.807, 2.05) is 24.3 Å². The van der Waals surface area contributed by atoms with Gasteiger partial charge in [0.25, 0.3) is 0 Å². The molecule has 0 aliphatic heterocycles. The zero-order chi connectivity index (χ0) is 16.1. The summed E-state index contributed by atoms with van der Waals surface area (Å²) in [6.45, 7) is 0. The molecule has 4 aliphatic rings. The van der Waals surface area contributed by atoms with Crippen LogP contribution in [0.5, 0.6) is 5.75 Å². The quantitative estimate of drug-likeness (QED) is 0.768. The Kier molecular flexibility index (Phi) is 3.71. The highest BCUT2D eigenvalue weighted by molar-refractivity contribution is 9.10. The molecule has 3 nitrogen and oxygen atoms in total. The minimum atomic E-state index is 0.160. The van der Waals surface area contributed by atoms with Crippen LogP contribution in [0.4, 0.5) is 5.69 Å². The summed E-state index contributed by atoms with van der Waals surface area (Å²) >= 11 is 4.02. The Morgan fingerprint density at radius 3 is 2.43 bits per heavy atom. The summed E-state index contributed by atoms with van der Waals surface area (Å²) in [5.41, 5.74) is 1.08. The molecule has 4 saturated carbocycles. The van der Waals surface area contributed by atoms with E-state index in [2.05, 4.69) is 21.2 Å². The maximum absolute atomic E-state index is 12.6. The van der Waals surface area contributed by atoms with Crippen molar-refractivity contribution in [3.63, 3.8) is 0 Å². The van der Waals surface area contributed by atoms with Crippen LogP contribution in [0.3, 0.4) is 0 Å². The predicted molar refractivity (Wildman–Crippen MR) is 95.0 cm³/mol. The third-order valence-electron chi connectivity index (χ3n) is 6.02. The van der Waals surface area contributed by atoms with Crippen molar-refractivity contribution < 1.29 is 9.53 Å². The van der Waals surface area contributed by atoms with Crippen molar-refractivity contribution in [2.24, 2.45) is 17.3 Å². The SMILES string of the molecule is COc1ccc(NC(=O)CC23C[C@@H]4C[C@@H](CC(Br)(C4)C2)C3)cc1. The number of ether oxygens (including phenoxy) is 1. The van der Waals surface area contributed by atoms with E-state index < -0.39 is 0 Å². The maximum atomic E-state index is 12.6. The monoisotopic (exact) mass is 377 g/mol. The molecule has 4 atom stereocenters. The van der Waals surface area contributed by atoms with E-state index in [1.54, 1.807) is 7.11 Å². The molecular weight excluding hydrogens is 354 g/mol. The van der Waals surface area contributed by atoms with Crippen LogP contribution in [0.2, 0.25) is 0 Å². The van der Waals surface area contributed by atoms with Gasteiger partial charge in [0.15, 0.2) is 0 Å². The number of benzene rings is 1. The van der Waals surface area contributed by atoms with E-state index in [0.717, 1.165) is 23.3 Å². The normalized spacial score (nSPS) is 37.7. The molecule has 0 saturated heterocycles. The third kappa shape index (κ3) is 3.02. The number of amides is 1. The highest BCUT2D eigenvalue weighted by Gasteiger charge is 2.57. The lowest BCUT2D eigenvalue weighted by Gasteiger charge is -2.60. The number of nitrogens with one attached hydrogen (secondary N) is 1. The van der Waals surface area contributed by atoms with Gasteiger partial charge in [0.2, 0.25) is 5.91 Å². The number of rotatable bonds is 4. The second kappa shape index (κ2) is 5.51. The molecule has 0 spiro atoms. The van der Waals surface area contributed by atoms with Crippen LogP contribution in [-0.4, -0.2) is 17.3 Å². The first-order chi connectivity index (χ1) is 11.0. The largest absolute Gasteiger partial charge is 0.497 e. The van der Waals surface area contributed by atoms with Crippen molar-refractivity contribution >= 4 is 27.5 Å². The van der Waals surface area contributed by atoms with Gasteiger partial charge in [-0.2, -0.15) is 0 Å². The molecule has 5 rings (SSSR count). The highest BCUT2D eigenvalue weighted by atomic mass is 79.9. The third-order valence-corrected chi connectivity index (χ3v) is 6.95. The summed E-state index contributed by atoms with van der Waals surface area (Å²) in [6.07, 6.45) is 8.33. The Labute approximate surface area is 146 Å². The average molecular weight is 378 g/mol. The van der Waals surface area contributed by atoms with Crippen molar-refractivity contribution in [3.05, 3.63) is 24.3 Å². The van der Waals surface area contributed by atoms with Crippen molar-refractivity contribution in [3.8, 4) is 5.75 Å². The lowest BCUT2D eigenvalue weighted by atomic mass is 9.48. The average Bonchev–Trinajstić information content (AvgIpc) is 2.44. The molecule has 1 amide bonds. The molecule has 4 heteroatoms. The van der Waals surface area contributed by atoms with Crippen LogP contribution in [0.15, 0.2) is 24.3 Å². The summed E-state index contributed by atoms with van der Waals surface area (Å²) in [7, 11) is 1.65. The first-order valence-electron chi connectivity index (χ1n) is 8.60. The van der Waals surface area contributed by atoms with Gasteiger partial charge in [-0.15, -0.1) is 0 Å². The zero-order valence-electron chi connectivity index (χ0n) is 13.6. The molecule has 1 aromatic carbocycles. The lowest BCUT2D eigenvalue weighted by molar-refractivity contribution is -0.123. The van der Waals surface area contributed by atoms with Crippen LogP contribution in [-0.2, 0) is 4.79 Å². The second-order valence-electron chi connectivity index (χ2n) is 8.07. The molecule has 0 heterocycles. The Bertz CT molecular complexity index is 598. The number of anilines is 1. The van der Waals surface area contributed by atoms with Crippen LogP contribution in [0.1, 0.15) is 44.9 Å². The molecule has 1 N–H and O–H groups in total. The summed E-state index contributed by atoms with van der Waals surface area (Å²) < 4.78 is 5.48. The fourth-order valence-corrected chi connectivity index (χ4v) is 7.27. The van der Waals surface area contributed by atoms with Gasteiger partial charge in [0.05, 0.1) is 7.11 Å². The number of hydrogen-bond acceptors (Lipinski definition) is 2. The fourth-order valence-electron chi connectivity index (χ4n) is 5.76. The molecule has 1 aromatic rings. The first kappa shape index (κ1) is 15.5. The molecule has 4 fully saturated rings. The maximum Gasteiger partial charge on any atom is 0.224 e. The minimum Gasteiger partial charge on any atom is -0.497 e. The van der Waals surface area contributed by atoms with Crippen molar-refractivity contribution in [2.45, 2.75) is 49.3 Å². The van der Waals surface area contributed by atoms with Gasteiger partial charge in [-0.3, -0.25) is 4.79 Å². The second-order valence-corrected chi connectivity index (χ2v) is 9.75. The van der Waals surface area contributed by atoms with Crippen molar-refractivity contribution in [1.82, 2.24) is 0 Å². The molecule has 124 valence electrons. The standard InChI is InChI=1S/C19H24BrNO2/c1-23-16-4-2-15(3-5-16)21-17(22)11-18-7-13-6-14(8-18)10-19(20,9-13)12-18/h2-5,13-14H,6-12H2,1H3,(H,21,22)/t13-,14+,18?,19?. The molecule has 0 aromatic heterocycles.